The van der Waals surface area contributed by atoms with Crippen molar-refractivity contribution in [3.8, 4) is 0 Å². The summed E-state index contributed by atoms with van der Waals surface area (Å²) in [6.45, 7) is 24.3. The van der Waals surface area contributed by atoms with Crippen LogP contribution >= 0.6 is 71.9 Å². The molecule has 32 heteroatoms. The lowest BCUT2D eigenvalue weighted by molar-refractivity contribution is -0.143. The first-order chi connectivity index (χ1) is 65.7. The first-order valence-corrected chi connectivity index (χ1v) is 50.1. The van der Waals surface area contributed by atoms with Gasteiger partial charge in [-0.05, 0) is 231 Å². The number of Topliss-reactive ketones (excluding diaryl/α,β-unsaturated/α-hetero) is 6. The third-order valence-electron chi connectivity index (χ3n) is 22.9. The van der Waals surface area contributed by atoms with Crippen molar-refractivity contribution < 1.29 is 90.6 Å². The predicted molar refractivity (Wildman–Crippen MR) is 536 cm³/mol. The number of furan rings is 1. The monoisotopic (exact) mass is 1960 g/mol. The van der Waals surface area contributed by atoms with Gasteiger partial charge in [-0.3, -0.25) is 48.3 Å². The Balaban J connectivity index is 0.000000212. The molecule has 3 aliphatic heterocycles. The number of oxime groups is 3. The molecule has 136 heavy (non-hydrogen) atoms. The van der Waals surface area contributed by atoms with E-state index in [4.69, 9.17) is 37.9 Å². The van der Waals surface area contributed by atoms with E-state index >= 15 is 0 Å². The van der Waals surface area contributed by atoms with Crippen LogP contribution in [0.25, 0.3) is 0 Å². The van der Waals surface area contributed by atoms with Gasteiger partial charge in [-0.2, -0.15) is 25.3 Å². The number of carbonyl (C=O) groups is 10. The summed E-state index contributed by atoms with van der Waals surface area (Å²) in [6.07, 6.45) is 11.0. The maximum absolute atomic E-state index is 13.9. The molecular weight excluding hydrogens is 1840 g/mol. The van der Waals surface area contributed by atoms with Gasteiger partial charge >= 0.3 is 17.9 Å². The van der Waals surface area contributed by atoms with Crippen molar-refractivity contribution in [2.45, 2.75) is 184 Å². The van der Waals surface area contributed by atoms with Crippen molar-refractivity contribution in [3.05, 3.63) is 260 Å². The molecular formula is C104H117N7O19S6. The van der Waals surface area contributed by atoms with Crippen molar-refractivity contribution >= 4 is 153 Å². The molecule has 5 heterocycles. The van der Waals surface area contributed by atoms with Gasteiger partial charge in [0, 0.05) is 132 Å². The van der Waals surface area contributed by atoms with E-state index < -0.39 is 46.1 Å². The second-order valence-corrected chi connectivity index (χ2v) is 38.6. The van der Waals surface area contributed by atoms with E-state index in [9.17, 15) is 52.7 Å². The van der Waals surface area contributed by atoms with Gasteiger partial charge < -0.3 is 37.9 Å². The number of morpholine rings is 3. The van der Waals surface area contributed by atoms with E-state index in [0.29, 0.717) is 157 Å². The zero-order valence-corrected chi connectivity index (χ0v) is 83.0. The van der Waals surface area contributed by atoms with Crippen LogP contribution in [0.15, 0.2) is 254 Å². The van der Waals surface area contributed by atoms with Crippen molar-refractivity contribution in [3.63, 3.8) is 0 Å². The standard InChI is InChI=1S/C39H37N3O7S2.C33H44N2O5S3.C32H36N2O7S/c1-39(2,42-20-22-48-23-21-42)37(46)29-15-18-33(31(25-29)35(44)27-9-4-3-5-10-27)51-30-16-13-28(14-17-30)36(45)32(11-6-7-19-40-26-43)41-49-38(47)34-12-8-24-50-34;1-4-5-6-7-10-30(36)40-34-28(9-8-21-41)31(37)24-11-14-27(15-12-24)43-29-16-13-25(22-26(29)23-42)32(38)33(2,3)35-17-19-39-20-18-35;1-4-5-18-39-22-27(33-41-31(37)28-7-6-19-40-28)29(35)23-8-12-25(13-9-23)42-26-14-10-24(11-15-26)30(36)32(2,3)34-16-20-38-21-17-34/h3-5,8-10,12-18,24-25H,6-7,11,19-23H2,1-2H3;11-16,22,41-42H,4-10,17-21,23H2,1-3H3;6-15,19H,4-5,16-18,20-22H2,1-3H3/b41-32+;34-28+;33-27+. The molecule has 12 rings (SSSR count). The minimum atomic E-state index is -0.803. The number of hydrogen-bond donors (Lipinski definition) is 2. The Hall–Kier alpha value is -10.5. The van der Waals surface area contributed by atoms with E-state index in [-0.39, 0.29) is 71.4 Å². The van der Waals surface area contributed by atoms with Gasteiger partial charge in [0.2, 0.25) is 29.2 Å². The normalized spacial score (nSPS) is 14.2. The molecule has 0 bridgehead atoms. The van der Waals surface area contributed by atoms with Crippen LogP contribution in [0.1, 0.15) is 236 Å². The summed E-state index contributed by atoms with van der Waals surface area (Å²) in [4.78, 5) is 172. The SMILES string of the molecule is CC(C)(C(=O)c1ccc(Sc2ccc(C(=O)/C(CCCCN=C=O)=N/OC(=O)c3cccs3)cc2)c(C(=O)c2ccccc2)c1)N1CCOCC1.CCCCCCC(=O)O/N=C(\CCCS)C(=O)c1ccc(Sc2ccc(C(=O)C(C)(C)N3CCOCC3)cc2CS)cc1.CCCCOC/C(=N\OC(=O)c1ccco1)C(=O)c1ccc(Sc2ccc(C(=O)C(C)(C)N3CCOCC3)cc2)cc1. The number of ketones is 7. The first kappa shape index (κ1) is 108. The molecule has 7 aromatic carbocycles. The van der Waals surface area contributed by atoms with Gasteiger partial charge in [-0.1, -0.05) is 151 Å². The van der Waals surface area contributed by atoms with Crippen LogP contribution in [0.4, 0.5) is 0 Å². The summed E-state index contributed by atoms with van der Waals surface area (Å²) >= 11 is 14.4. The van der Waals surface area contributed by atoms with Crippen molar-refractivity contribution in [2.24, 2.45) is 20.5 Å². The topological polar surface area (TPSA) is 325 Å². The van der Waals surface area contributed by atoms with Gasteiger partial charge in [0.1, 0.15) is 16.3 Å². The van der Waals surface area contributed by atoms with Crippen LogP contribution in [0.5, 0.6) is 0 Å². The van der Waals surface area contributed by atoms with E-state index in [1.54, 1.807) is 126 Å². The molecule has 0 N–H and O–H groups in total. The van der Waals surface area contributed by atoms with Crippen molar-refractivity contribution in [1.82, 2.24) is 14.7 Å². The van der Waals surface area contributed by atoms with Crippen LogP contribution in [0, 0.1) is 0 Å². The summed E-state index contributed by atoms with van der Waals surface area (Å²) in [6, 6.07) is 55.0. The van der Waals surface area contributed by atoms with Crippen molar-refractivity contribution in [1.29, 1.82) is 0 Å². The number of aliphatic imine (C=N–C) groups is 1. The highest BCUT2D eigenvalue weighted by Gasteiger charge is 2.40. The summed E-state index contributed by atoms with van der Waals surface area (Å²) in [7, 11) is 0. The molecule has 0 atom stereocenters. The Bertz CT molecular complexity index is 5630. The molecule has 26 nitrogen and oxygen atoms in total. The second-order valence-electron chi connectivity index (χ2n) is 33.5. The largest absolute Gasteiger partial charge is 0.457 e. The lowest BCUT2D eigenvalue weighted by Crippen LogP contribution is -2.54. The van der Waals surface area contributed by atoms with Gasteiger partial charge in [0.05, 0.1) is 75.7 Å². The van der Waals surface area contributed by atoms with Crippen LogP contribution in [-0.4, -0.2) is 217 Å². The zero-order valence-electron chi connectivity index (χ0n) is 78.0. The van der Waals surface area contributed by atoms with Gasteiger partial charge in [0.15, 0.2) is 28.8 Å². The minimum Gasteiger partial charge on any atom is -0.457 e. The average Bonchev–Trinajstić information content (AvgIpc) is 1.81. The number of ether oxygens (including phenoxy) is 4. The molecule has 0 radical (unpaired) electrons. The molecule has 0 unspecified atom stereocenters. The van der Waals surface area contributed by atoms with E-state index in [1.807, 2.05) is 121 Å². The Morgan fingerprint density at radius 3 is 1.39 bits per heavy atom. The van der Waals surface area contributed by atoms with E-state index in [1.165, 1.54) is 53.3 Å². The molecule has 0 amide bonds. The third kappa shape index (κ3) is 31.8. The molecule has 0 aliphatic carbocycles. The summed E-state index contributed by atoms with van der Waals surface area (Å²) < 4.78 is 27.0. The molecule has 3 fully saturated rings. The van der Waals surface area contributed by atoms with Crippen LogP contribution in [-0.2, 0) is 48.8 Å². The minimum absolute atomic E-state index is 0.0166. The molecule has 0 spiro atoms. The molecule has 9 aromatic rings. The first-order valence-electron chi connectivity index (χ1n) is 45.5. The molecule has 3 saturated heterocycles. The lowest BCUT2D eigenvalue weighted by atomic mass is 9.89. The van der Waals surface area contributed by atoms with Crippen LogP contribution in [0.3, 0.4) is 0 Å². The Labute approximate surface area is 822 Å². The summed E-state index contributed by atoms with van der Waals surface area (Å²) in [5.74, 6) is -2.03. The number of hydrogen-bond acceptors (Lipinski definition) is 32. The van der Waals surface area contributed by atoms with E-state index in [2.05, 4.69) is 67.3 Å². The number of thiophene rings is 1. The number of rotatable bonds is 47. The van der Waals surface area contributed by atoms with Crippen LogP contribution < -0.4 is 0 Å². The molecule has 718 valence electrons. The fourth-order valence-electron chi connectivity index (χ4n) is 14.7. The fraction of sp³-hybridized carbons (Fsp3) is 0.385. The maximum atomic E-state index is 13.9. The quantitative estimate of drug-likeness (QED) is 0.00680. The van der Waals surface area contributed by atoms with Gasteiger partial charge in [-0.15, -0.1) is 11.3 Å². The maximum Gasteiger partial charge on any atom is 0.400 e. The summed E-state index contributed by atoms with van der Waals surface area (Å²) in [5.41, 5.74) is 3.07. The lowest BCUT2D eigenvalue weighted by Gasteiger charge is -2.39. The van der Waals surface area contributed by atoms with Gasteiger partial charge in [-0.25, -0.2) is 24.2 Å². The second kappa shape index (κ2) is 55.2. The number of nitrogens with zero attached hydrogens (tertiary/aromatic N) is 7. The Morgan fingerprint density at radius 1 is 0.441 bits per heavy atom. The number of unbranched alkanes of at least 4 members (excludes halogenated alkanes) is 5. The van der Waals surface area contributed by atoms with Crippen molar-refractivity contribution in [2.75, 3.05) is 104 Å². The van der Waals surface area contributed by atoms with E-state index in [0.717, 1.165) is 94.7 Å². The number of benzene rings is 7. The van der Waals surface area contributed by atoms with Crippen LogP contribution in [0.2, 0.25) is 0 Å². The summed E-state index contributed by atoms with van der Waals surface area (Å²) in [5, 5.41) is 13.4. The number of carbonyl (C=O) groups excluding carboxylic acids is 11. The number of thiol groups is 2. The fourth-order valence-corrected chi connectivity index (χ4v) is 18.5. The Morgan fingerprint density at radius 2 is 0.897 bits per heavy atom. The predicted octanol–water partition coefficient (Wildman–Crippen LogP) is 20.6. The highest BCUT2D eigenvalue weighted by molar-refractivity contribution is 8.00. The average molecular weight is 1960 g/mol. The molecule has 0 saturated carbocycles. The highest BCUT2D eigenvalue weighted by atomic mass is 32.2. The van der Waals surface area contributed by atoms with Gasteiger partial charge in [0.25, 0.3) is 0 Å². The Kier molecular flexibility index (Phi) is 43.6. The molecule has 2 aromatic heterocycles. The number of isocyanates is 1. The highest BCUT2D eigenvalue weighted by Crippen LogP contribution is 2.38. The zero-order chi connectivity index (χ0) is 97.4. The third-order valence-corrected chi connectivity index (χ3v) is 27.6. The smallest absolute Gasteiger partial charge is 0.400 e. The molecule has 3 aliphatic rings.